The van der Waals surface area contributed by atoms with E-state index < -0.39 is 0 Å². The summed E-state index contributed by atoms with van der Waals surface area (Å²) in [5.74, 6) is 0.0218. The van der Waals surface area contributed by atoms with Gasteiger partial charge in [0, 0.05) is 6.54 Å². The van der Waals surface area contributed by atoms with Gasteiger partial charge in [0.1, 0.15) is 6.04 Å². The molecule has 106 valence electrons. The molecule has 3 rings (SSSR count). The van der Waals surface area contributed by atoms with Gasteiger partial charge in [0.25, 0.3) is 5.91 Å². The first-order valence-electron chi connectivity index (χ1n) is 6.60. The first kappa shape index (κ1) is 13.7. The van der Waals surface area contributed by atoms with Crippen molar-refractivity contribution in [3.63, 3.8) is 0 Å². The highest BCUT2D eigenvalue weighted by molar-refractivity contribution is 6.42. The zero-order chi connectivity index (χ0) is 14.4. The number of rotatable bonds is 1. The number of urea groups is 1. The van der Waals surface area contributed by atoms with Crippen LogP contribution in [0.25, 0.3) is 0 Å². The maximum Gasteiger partial charge on any atom is 0.332 e. The topological polar surface area (TPSA) is 40.6 Å². The Kier molecular flexibility index (Phi) is 3.38. The summed E-state index contributed by atoms with van der Waals surface area (Å²) in [6.07, 6.45) is 1.90. The Balaban J connectivity index is 1.99. The van der Waals surface area contributed by atoms with Crippen molar-refractivity contribution in [2.75, 3.05) is 11.4 Å². The van der Waals surface area contributed by atoms with Crippen molar-refractivity contribution in [1.29, 1.82) is 0 Å². The lowest BCUT2D eigenvalue weighted by Gasteiger charge is -2.31. The second-order valence-corrected chi connectivity index (χ2v) is 6.13. The summed E-state index contributed by atoms with van der Waals surface area (Å²) in [4.78, 5) is 27.9. The van der Waals surface area contributed by atoms with E-state index in [1.807, 2.05) is 6.92 Å². The van der Waals surface area contributed by atoms with E-state index >= 15 is 0 Å². The van der Waals surface area contributed by atoms with Gasteiger partial charge in [-0.3, -0.25) is 4.79 Å². The SMILES string of the molecule is CC1CCCN2C(=O)N(c3ccc(Cl)c(Cl)c3)C(=O)C12. The standard InChI is InChI=1S/C14H14Cl2N2O2/c1-8-3-2-6-17-12(8)13(19)18(14(17)20)9-4-5-10(15)11(16)7-9/h4-5,7-8,12H,2-3,6H2,1H3. The molecule has 0 bridgehead atoms. The molecule has 0 aliphatic carbocycles. The van der Waals surface area contributed by atoms with Crippen LogP contribution in [0.3, 0.4) is 0 Å². The van der Waals surface area contributed by atoms with Gasteiger partial charge in [-0.15, -0.1) is 0 Å². The highest BCUT2D eigenvalue weighted by atomic mass is 35.5. The molecule has 6 heteroatoms. The summed E-state index contributed by atoms with van der Waals surface area (Å²) < 4.78 is 0. The molecule has 0 N–H and O–H groups in total. The quantitative estimate of drug-likeness (QED) is 0.744. The monoisotopic (exact) mass is 312 g/mol. The maximum absolute atomic E-state index is 12.5. The highest BCUT2D eigenvalue weighted by Gasteiger charge is 2.49. The van der Waals surface area contributed by atoms with Crippen molar-refractivity contribution >= 4 is 40.8 Å². The molecule has 1 aromatic carbocycles. The summed E-state index contributed by atoms with van der Waals surface area (Å²) in [6, 6.07) is 4.20. The first-order chi connectivity index (χ1) is 9.50. The molecule has 20 heavy (non-hydrogen) atoms. The van der Waals surface area contributed by atoms with Crippen molar-refractivity contribution in [3.05, 3.63) is 28.2 Å². The maximum atomic E-state index is 12.5. The largest absolute Gasteiger partial charge is 0.332 e. The van der Waals surface area contributed by atoms with Gasteiger partial charge in [0.2, 0.25) is 0 Å². The predicted octanol–water partition coefficient (Wildman–Crippen LogP) is 3.56. The Morgan fingerprint density at radius 2 is 1.95 bits per heavy atom. The Hall–Kier alpha value is -1.26. The minimum atomic E-state index is -0.342. The highest BCUT2D eigenvalue weighted by Crippen LogP contribution is 2.35. The lowest BCUT2D eigenvalue weighted by atomic mass is 9.91. The van der Waals surface area contributed by atoms with E-state index in [1.165, 1.54) is 4.90 Å². The number of benzene rings is 1. The van der Waals surface area contributed by atoms with Gasteiger partial charge < -0.3 is 4.90 Å². The van der Waals surface area contributed by atoms with Gasteiger partial charge >= 0.3 is 6.03 Å². The number of hydrogen-bond acceptors (Lipinski definition) is 2. The number of carbonyl (C=O) groups excluding carboxylic acids is 2. The van der Waals surface area contributed by atoms with E-state index in [0.29, 0.717) is 22.3 Å². The van der Waals surface area contributed by atoms with E-state index in [-0.39, 0.29) is 23.9 Å². The molecule has 2 saturated heterocycles. The van der Waals surface area contributed by atoms with Crippen molar-refractivity contribution in [3.8, 4) is 0 Å². The Labute approximate surface area is 127 Å². The van der Waals surface area contributed by atoms with Crippen molar-refractivity contribution in [1.82, 2.24) is 4.90 Å². The van der Waals surface area contributed by atoms with Crippen molar-refractivity contribution < 1.29 is 9.59 Å². The fourth-order valence-electron chi connectivity index (χ4n) is 3.00. The van der Waals surface area contributed by atoms with Gasteiger partial charge in [-0.2, -0.15) is 0 Å². The third-order valence-electron chi connectivity index (χ3n) is 4.01. The molecule has 1 aromatic rings. The minimum Gasteiger partial charge on any atom is -0.312 e. The predicted molar refractivity (Wildman–Crippen MR) is 78.2 cm³/mol. The van der Waals surface area contributed by atoms with Crippen LogP contribution in [-0.2, 0) is 4.79 Å². The molecule has 0 saturated carbocycles. The van der Waals surface area contributed by atoms with Crippen LogP contribution in [0, 0.1) is 5.92 Å². The average Bonchev–Trinajstić information content (AvgIpc) is 2.67. The van der Waals surface area contributed by atoms with Crippen molar-refractivity contribution in [2.45, 2.75) is 25.8 Å². The molecule has 0 spiro atoms. The fourth-order valence-corrected chi connectivity index (χ4v) is 3.29. The van der Waals surface area contributed by atoms with Crippen molar-refractivity contribution in [2.24, 2.45) is 5.92 Å². The average molecular weight is 313 g/mol. The number of fused-ring (bicyclic) bond motifs is 1. The Morgan fingerprint density at radius 3 is 2.60 bits per heavy atom. The van der Waals surface area contributed by atoms with Crippen LogP contribution in [-0.4, -0.2) is 29.4 Å². The van der Waals surface area contributed by atoms with Gasteiger partial charge in [0.05, 0.1) is 15.7 Å². The molecule has 2 fully saturated rings. The zero-order valence-corrected chi connectivity index (χ0v) is 12.5. The Morgan fingerprint density at radius 1 is 1.20 bits per heavy atom. The number of amides is 3. The van der Waals surface area contributed by atoms with Crippen LogP contribution in [0.2, 0.25) is 10.0 Å². The summed E-state index contributed by atoms with van der Waals surface area (Å²) in [5.41, 5.74) is 0.482. The minimum absolute atomic E-state index is 0.166. The van der Waals surface area contributed by atoms with E-state index in [2.05, 4.69) is 0 Å². The number of piperidine rings is 1. The molecule has 2 unspecified atom stereocenters. The van der Waals surface area contributed by atoms with Gasteiger partial charge in [-0.05, 0) is 37.0 Å². The third kappa shape index (κ3) is 1.98. The zero-order valence-electron chi connectivity index (χ0n) is 11.0. The first-order valence-corrected chi connectivity index (χ1v) is 7.36. The molecular formula is C14H14Cl2N2O2. The van der Waals surface area contributed by atoms with Gasteiger partial charge in [0.15, 0.2) is 0 Å². The second-order valence-electron chi connectivity index (χ2n) is 5.31. The van der Waals surface area contributed by atoms with E-state index in [9.17, 15) is 9.59 Å². The fraction of sp³-hybridized carbons (Fsp3) is 0.429. The molecule has 0 radical (unpaired) electrons. The summed E-state index contributed by atoms with van der Waals surface area (Å²) in [5, 5.41) is 0.739. The van der Waals surface area contributed by atoms with Crippen LogP contribution >= 0.6 is 23.2 Å². The lowest BCUT2D eigenvalue weighted by Crippen LogP contribution is -2.44. The number of halogens is 2. The molecule has 2 aliphatic heterocycles. The number of nitrogens with zero attached hydrogens (tertiary/aromatic N) is 2. The summed E-state index contributed by atoms with van der Waals surface area (Å²) in [7, 11) is 0. The van der Waals surface area contributed by atoms with Crippen LogP contribution < -0.4 is 4.90 Å². The lowest BCUT2D eigenvalue weighted by molar-refractivity contribution is -0.121. The van der Waals surface area contributed by atoms with E-state index in [4.69, 9.17) is 23.2 Å². The Bertz CT molecular complexity index is 591. The summed E-state index contributed by atoms with van der Waals surface area (Å²) >= 11 is 11.8. The van der Waals surface area contributed by atoms with Crippen LogP contribution in [0.4, 0.5) is 10.5 Å². The smallest absolute Gasteiger partial charge is 0.312 e. The van der Waals surface area contributed by atoms with E-state index in [0.717, 1.165) is 12.8 Å². The van der Waals surface area contributed by atoms with E-state index in [1.54, 1.807) is 23.1 Å². The van der Waals surface area contributed by atoms with Crippen LogP contribution in [0.5, 0.6) is 0 Å². The number of imide groups is 1. The van der Waals surface area contributed by atoms with Crippen LogP contribution in [0.15, 0.2) is 18.2 Å². The molecule has 4 nitrogen and oxygen atoms in total. The number of hydrogen-bond donors (Lipinski definition) is 0. The molecule has 0 aromatic heterocycles. The third-order valence-corrected chi connectivity index (χ3v) is 4.74. The van der Waals surface area contributed by atoms with Crippen LogP contribution in [0.1, 0.15) is 19.8 Å². The molecule has 2 aliphatic rings. The van der Waals surface area contributed by atoms with Gasteiger partial charge in [-0.1, -0.05) is 30.1 Å². The summed E-state index contributed by atoms with van der Waals surface area (Å²) in [6.45, 7) is 2.65. The molecule has 3 amide bonds. The molecular weight excluding hydrogens is 299 g/mol. The molecule has 2 atom stereocenters. The van der Waals surface area contributed by atoms with Gasteiger partial charge in [-0.25, -0.2) is 9.69 Å². The number of carbonyl (C=O) groups is 2. The second kappa shape index (κ2) is 4.93. The molecule has 2 heterocycles. The normalized spacial score (nSPS) is 26.1. The number of anilines is 1.